The van der Waals surface area contributed by atoms with Crippen LogP contribution in [0.4, 0.5) is 0 Å². The number of nitrogens with zero attached hydrogens (tertiary/aromatic N) is 1. The van der Waals surface area contributed by atoms with Gasteiger partial charge in [-0.25, -0.2) is 0 Å². The molecule has 1 heterocycles. The summed E-state index contributed by atoms with van der Waals surface area (Å²) in [7, 11) is 0. The van der Waals surface area contributed by atoms with Crippen molar-refractivity contribution >= 4 is 17.7 Å². The van der Waals surface area contributed by atoms with Crippen molar-refractivity contribution in [3.63, 3.8) is 0 Å². The van der Waals surface area contributed by atoms with Gasteiger partial charge in [0, 0.05) is 17.5 Å². The molecule has 1 fully saturated rings. The van der Waals surface area contributed by atoms with E-state index >= 15 is 0 Å². The Bertz CT molecular complexity index is 695. The number of amides is 1. The topological polar surface area (TPSA) is 75.4 Å². The number of nitrogens with one attached hydrogen (secondary N) is 1. The molecule has 0 radical (unpaired) electrons. The highest BCUT2D eigenvalue weighted by Crippen LogP contribution is 2.31. The van der Waals surface area contributed by atoms with Crippen molar-refractivity contribution < 1.29 is 14.4 Å². The van der Waals surface area contributed by atoms with Gasteiger partial charge < -0.3 is 14.9 Å². The van der Waals surface area contributed by atoms with Gasteiger partial charge in [0.1, 0.15) is 5.76 Å². The van der Waals surface area contributed by atoms with Crippen LogP contribution in [0.1, 0.15) is 41.1 Å². The second-order valence-corrected chi connectivity index (χ2v) is 7.00. The van der Waals surface area contributed by atoms with E-state index in [1.54, 1.807) is 6.07 Å². The molecule has 1 amide bonds. The van der Waals surface area contributed by atoms with Gasteiger partial charge in [0.2, 0.25) is 0 Å². The van der Waals surface area contributed by atoms with E-state index in [9.17, 15) is 9.90 Å². The highest BCUT2D eigenvalue weighted by Gasteiger charge is 2.34. The van der Waals surface area contributed by atoms with E-state index in [0.717, 1.165) is 35.6 Å². The van der Waals surface area contributed by atoms with Crippen molar-refractivity contribution in [2.24, 2.45) is 0 Å². The van der Waals surface area contributed by atoms with Gasteiger partial charge in [-0.3, -0.25) is 4.79 Å². The van der Waals surface area contributed by atoms with Gasteiger partial charge in [0.25, 0.3) is 5.91 Å². The Kier molecular flexibility index (Phi) is 4.73. The quantitative estimate of drug-likeness (QED) is 0.796. The van der Waals surface area contributed by atoms with Crippen LogP contribution in [-0.4, -0.2) is 28.3 Å². The van der Waals surface area contributed by atoms with Crippen LogP contribution in [0.3, 0.4) is 0 Å². The zero-order valence-corrected chi connectivity index (χ0v) is 13.9. The Balaban J connectivity index is 1.63. The predicted octanol–water partition coefficient (Wildman–Crippen LogP) is 2.92. The molecule has 0 atom stereocenters. The molecule has 0 saturated heterocycles. The van der Waals surface area contributed by atoms with Gasteiger partial charge in [-0.15, -0.1) is 11.8 Å². The monoisotopic (exact) mass is 332 g/mol. The number of aliphatic hydroxyl groups is 1. The van der Waals surface area contributed by atoms with Gasteiger partial charge in [0.15, 0.2) is 0 Å². The Morgan fingerprint density at radius 2 is 2.22 bits per heavy atom. The number of carbonyl (C=O) groups excluding carboxylic acids is 1. The SMILES string of the molecule is Cc1cc(CSc2ccccc2C(=O)NCC2(O)CCC2)on1. The summed E-state index contributed by atoms with van der Waals surface area (Å²) in [5.74, 6) is 1.25. The molecular weight excluding hydrogens is 312 g/mol. The molecule has 6 heteroatoms. The summed E-state index contributed by atoms with van der Waals surface area (Å²) in [6.45, 7) is 2.19. The molecule has 1 aromatic carbocycles. The van der Waals surface area contributed by atoms with Crippen molar-refractivity contribution in [3.05, 3.63) is 47.3 Å². The second-order valence-electron chi connectivity index (χ2n) is 5.98. The summed E-state index contributed by atoms with van der Waals surface area (Å²) in [4.78, 5) is 13.3. The lowest BCUT2D eigenvalue weighted by Gasteiger charge is -2.36. The van der Waals surface area contributed by atoms with Gasteiger partial charge >= 0.3 is 0 Å². The minimum Gasteiger partial charge on any atom is -0.388 e. The number of rotatable bonds is 6. The van der Waals surface area contributed by atoms with Crippen LogP contribution >= 0.6 is 11.8 Å². The molecule has 1 aliphatic carbocycles. The van der Waals surface area contributed by atoms with E-state index < -0.39 is 5.60 Å². The maximum Gasteiger partial charge on any atom is 0.252 e. The van der Waals surface area contributed by atoms with E-state index in [1.165, 1.54) is 11.8 Å². The molecule has 1 aromatic heterocycles. The Labute approximate surface area is 139 Å². The molecule has 0 aliphatic heterocycles. The first-order valence-electron chi connectivity index (χ1n) is 7.70. The van der Waals surface area contributed by atoms with Crippen LogP contribution < -0.4 is 5.32 Å². The molecular formula is C17H20N2O3S. The average Bonchev–Trinajstić information content (AvgIpc) is 2.94. The summed E-state index contributed by atoms with van der Waals surface area (Å²) >= 11 is 1.54. The Morgan fingerprint density at radius 3 is 2.87 bits per heavy atom. The normalized spacial score (nSPS) is 15.9. The van der Waals surface area contributed by atoms with E-state index in [-0.39, 0.29) is 5.91 Å². The van der Waals surface area contributed by atoms with Crippen molar-refractivity contribution in [2.75, 3.05) is 6.54 Å². The number of thioether (sulfide) groups is 1. The number of aryl methyl sites for hydroxylation is 1. The fourth-order valence-corrected chi connectivity index (χ4v) is 3.44. The van der Waals surface area contributed by atoms with Crippen LogP contribution in [0, 0.1) is 6.92 Å². The lowest BCUT2D eigenvalue weighted by atomic mass is 9.80. The smallest absolute Gasteiger partial charge is 0.252 e. The number of aromatic nitrogens is 1. The number of hydrogen-bond donors (Lipinski definition) is 2. The highest BCUT2D eigenvalue weighted by atomic mass is 32.2. The zero-order chi connectivity index (χ0) is 16.3. The minimum absolute atomic E-state index is 0.151. The summed E-state index contributed by atoms with van der Waals surface area (Å²) in [6.07, 6.45) is 2.54. The number of carbonyl (C=O) groups is 1. The first-order chi connectivity index (χ1) is 11.1. The summed E-state index contributed by atoms with van der Waals surface area (Å²) in [6, 6.07) is 9.36. The molecule has 1 saturated carbocycles. The Morgan fingerprint density at radius 1 is 1.43 bits per heavy atom. The van der Waals surface area contributed by atoms with Gasteiger partial charge in [0.05, 0.1) is 22.6 Å². The largest absolute Gasteiger partial charge is 0.388 e. The third-order valence-electron chi connectivity index (χ3n) is 4.04. The molecule has 122 valence electrons. The van der Waals surface area contributed by atoms with Gasteiger partial charge in [-0.1, -0.05) is 17.3 Å². The van der Waals surface area contributed by atoms with E-state index in [0.29, 0.717) is 17.9 Å². The first-order valence-corrected chi connectivity index (χ1v) is 8.69. The second kappa shape index (κ2) is 6.76. The standard InChI is InChI=1S/C17H20N2O3S/c1-12-9-13(22-19-12)10-23-15-6-3-2-5-14(15)16(20)18-11-17(21)7-4-8-17/h2-3,5-6,9,21H,4,7-8,10-11H2,1H3,(H,18,20). The molecule has 0 spiro atoms. The maximum absolute atomic E-state index is 12.4. The molecule has 0 bridgehead atoms. The number of hydrogen-bond acceptors (Lipinski definition) is 5. The van der Waals surface area contributed by atoms with Crippen LogP contribution in [0.25, 0.3) is 0 Å². The van der Waals surface area contributed by atoms with Crippen LogP contribution in [0.2, 0.25) is 0 Å². The summed E-state index contributed by atoms with van der Waals surface area (Å²) < 4.78 is 5.20. The molecule has 1 aliphatic rings. The van der Waals surface area contributed by atoms with Gasteiger partial charge in [-0.05, 0) is 38.3 Å². The zero-order valence-electron chi connectivity index (χ0n) is 13.0. The van der Waals surface area contributed by atoms with Crippen molar-refractivity contribution in [3.8, 4) is 0 Å². The summed E-state index contributed by atoms with van der Waals surface area (Å²) in [5.41, 5.74) is 0.756. The van der Waals surface area contributed by atoms with Gasteiger partial charge in [-0.2, -0.15) is 0 Å². The van der Waals surface area contributed by atoms with Crippen molar-refractivity contribution in [1.82, 2.24) is 10.5 Å². The van der Waals surface area contributed by atoms with E-state index in [1.807, 2.05) is 31.2 Å². The average molecular weight is 332 g/mol. The molecule has 2 N–H and O–H groups in total. The predicted molar refractivity (Wildman–Crippen MR) is 88.4 cm³/mol. The minimum atomic E-state index is -0.713. The third kappa shape index (κ3) is 3.95. The Hall–Kier alpha value is -1.79. The molecule has 5 nitrogen and oxygen atoms in total. The van der Waals surface area contributed by atoms with Crippen LogP contribution in [-0.2, 0) is 5.75 Å². The van der Waals surface area contributed by atoms with E-state index in [2.05, 4.69) is 10.5 Å². The fraction of sp³-hybridized carbons (Fsp3) is 0.412. The highest BCUT2D eigenvalue weighted by molar-refractivity contribution is 7.98. The molecule has 23 heavy (non-hydrogen) atoms. The summed E-state index contributed by atoms with van der Waals surface area (Å²) in [5, 5.41) is 16.8. The lowest BCUT2D eigenvalue weighted by molar-refractivity contribution is -0.0300. The fourth-order valence-electron chi connectivity index (χ4n) is 2.52. The van der Waals surface area contributed by atoms with Crippen LogP contribution in [0.15, 0.2) is 39.8 Å². The third-order valence-corrected chi connectivity index (χ3v) is 5.14. The van der Waals surface area contributed by atoms with Crippen molar-refractivity contribution in [1.29, 1.82) is 0 Å². The first kappa shape index (κ1) is 16.1. The van der Waals surface area contributed by atoms with Crippen molar-refractivity contribution in [2.45, 2.75) is 42.4 Å². The molecule has 2 aromatic rings. The lowest BCUT2D eigenvalue weighted by Crippen LogP contribution is -2.47. The molecule has 0 unspecified atom stereocenters. The maximum atomic E-state index is 12.4. The van der Waals surface area contributed by atoms with E-state index in [4.69, 9.17) is 4.52 Å². The van der Waals surface area contributed by atoms with Crippen LogP contribution in [0.5, 0.6) is 0 Å². The number of benzene rings is 1. The molecule has 3 rings (SSSR count).